The number of unbranched alkanes of at least 4 members (excludes halogenated alkanes) is 1. The Bertz CT molecular complexity index is 1000. The summed E-state index contributed by atoms with van der Waals surface area (Å²) in [5, 5.41) is 12.4. The first-order valence-corrected chi connectivity index (χ1v) is 11.6. The molecule has 7 nitrogen and oxygen atoms in total. The summed E-state index contributed by atoms with van der Waals surface area (Å²) in [6.45, 7) is 3.48. The predicted octanol–water partition coefficient (Wildman–Crippen LogP) is 3.90. The highest BCUT2D eigenvalue weighted by Gasteiger charge is 2.18. The van der Waals surface area contributed by atoms with Crippen LogP contribution in [0.1, 0.15) is 47.3 Å². The largest absolute Gasteiger partial charge is 0.396 e. The van der Waals surface area contributed by atoms with Gasteiger partial charge in [-0.15, -0.1) is 24.8 Å². The van der Waals surface area contributed by atoms with Gasteiger partial charge in [-0.3, -0.25) is 9.20 Å². The van der Waals surface area contributed by atoms with Crippen LogP contribution in [0.25, 0.3) is 16.0 Å². The first kappa shape index (κ1) is 26.8. The SMILES string of the molecule is CN(CCCCO)C(=O)c1cn2c(nc3cc(CNCCC4CCCO4)ccc32)s1.Cl.Cl. The van der Waals surface area contributed by atoms with Crippen molar-refractivity contribution in [3.05, 3.63) is 34.8 Å². The Labute approximate surface area is 205 Å². The second-order valence-electron chi connectivity index (χ2n) is 7.94. The smallest absolute Gasteiger partial charge is 0.265 e. The Morgan fingerprint density at radius 1 is 1.38 bits per heavy atom. The number of ether oxygens (including phenoxy) is 1. The Kier molecular flexibility index (Phi) is 10.7. The molecule has 1 aliphatic heterocycles. The topological polar surface area (TPSA) is 79.1 Å². The molecule has 2 aromatic heterocycles. The number of imidazole rings is 1. The number of hydrogen-bond acceptors (Lipinski definition) is 6. The van der Waals surface area contributed by atoms with E-state index in [0.717, 1.165) is 48.5 Å². The van der Waals surface area contributed by atoms with Crippen LogP contribution in [0, 0.1) is 0 Å². The summed E-state index contributed by atoms with van der Waals surface area (Å²) >= 11 is 1.42. The lowest BCUT2D eigenvalue weighted by molar-refractivity contribution is 0.0794. The van der Waals surface area contributed by atoms with E-state index in [1.54, 1.807) is 11.9 Å². The summed E-state index contributed by atoms with van der Waals surface area (Å²) in [5.41, 5.74) is 3.18. The molecule has 1 unspecified atom stereocenters. The highest BCUT2D eigenvalue weighted by Crippen LogP contribution is 2.25. The molecule has 0 saturated carbocycles. The molecule has 10 heteroatoms. The number of thiazole rings is 1. The molecule has 32 heavy (non-hydrogen) atoms. The van der Waals surface area contributed by atoms with Crippen LogP contribution in [-0.2, 0) is 11.3 Å². The van der Waals surface area contributed by atoms with Crippen molar-refractivity contribution in [2.45, 2.75) is 44.8 Å². The molecule has 2 N–H and O–H groups in total. The van der Waals surface area contributed by atoms with E-state index in [4.69, 9.17) is 14.8 Å². The van der Waals surface area contributed by atoms with Gasteiger partial charge in [0.1, 0.15) is 4.88 Å². The summed E-state index contributed by atoms with van der Waals surface area (Å²) in [6.07, 6.45) is 7.25. The van der Waals surface area contributed by atoms with Crippen molar-refractivity contribution < 1.29 is 14.6 Å². The van der Waals surface area contributed by atoms with Crippen molar-refractivity contribution in [3.63, 3.8) is 0 Å². The quantitative estimate of drug-likeness (QED) is 0.411. The molecule has 0 aliphatic carbocycles. The zero-order valence-corrected chi connectivity index (χ0v) is 20.7. The number of hydrogen-bond donors (Lipinski definition) is 2. The van der Waals surface area contributed by atoms with E-state index in [-0.39, 0.29) is 37.3 Å². The lowest BCUT2D eigenvalue weighted by Gasteiger charge is -2.15. The maximum Gasteiger partial charge on any atom is 0.265 e. The number of halogens is 2. The third-order valence-corrected chi connectivity index (χ3v) is 6.59. The maximum absolute atomic E-state index is 12.7. The number of nitrogens with zero attached hydrogens (tertiary/aromatic N) is 3. The van der Waals surface area contributed by atoms with Crippen molar-refractivity contribution >= 4 is 58.1 Å². The summed E-state index contributed by atoms with van der Waals surface area (Å²) in [5.74, 6) is 0.00338. The summed E-state index contributed by atoms with van der Waals surface area (Å²) < 4.78 is 7.67. The van der Waals surface area contributed by atoms with Crippen molar-refractivity contribution in [2.75, 3.05) is 33.4 Å². The van der Waals surface area contributed by atoms with Crippen LogP contribution in [0.3, 0.4) is 0 Å². The molecule has 1 fully saturated rings. The van der Waals surface area contributed by atoms with Gasteiger partial charge in [-0.25, -0.2) is 4.98 Å². The molecular formula is C22H32Cl2N4O3S. The van der Waals surface area contributed by atoms with Crippen LogP contribution in [0.5, 0.6) is 0 Å². The molecular weight excluding hydrogens is 471 g/mol. The number of benzene rings is 1. The number of nitrogens with one attached hydrogen (secondary N) is 1. The Morgan fingerprint density at radius 3 is 2.97 bits per heavy atom. The normalized spacial score (nSPS) is 15.6. The fraction of sp³-hybridized carbons (Fsp3) is 0.545. The lowest BCUT2D eigenvalue weighted by atomic mass is 10.1. The number of carbonyl (C=O) groups excluding carboxylic acids is 1. The molecule has 1 aromatic carbocycles. The predicted molar refractivity (Wildman–Crippen MR) is 134 cm³/mol. The van der Waals surface area contributed by atoms with E-state index in [1.165, 1.54) is 29.7 Å². The van der Waals surface area contributed by atoms with Crippen LogP contribution in [-0.4, -0.2) is 64.8 Å². The number of amides is 1. The van der Waals surface area contributed by atoms with Gasteiger partial charge in [0.2, 0.25) is 0 Å². The van der Waals surface area contributed by atoms with Gasteiger partial charge in [0, 0.05) is 39.5 Å². The molecule has 1 aliphatic rings. The molecule has 178 valence electrons. The molecule has 0 bridgehead atoms. The monoisotopic (exact) mass is 502 g/mol. The number of aromatic nitrogens is 2. The second-order valence-corrected chi connectivity index (χ2v) is 8.95. The number of aliphatic hydroxyl groups excluding tert-OH is 1. The molecule has 1 atom stereocenters. The molecule has 3 heterocycles. The molecule has 1 saturated heterocycles. The van der Waals surface area contributed by atoms with Crippen molar-refractivity contribution in [1.29, 1.82) is 0 Å². The molecule has 3 aromatic rings. The number of carbonyl (C=O) groups is 1. The van der Waals surface area contributed by atoms with Crippen molar-refractivity contribution in [2.24, 2.45) is 0 Å². The summed E-state index contributed by atoms with van der Waals surface area (Å²) in [4.78, 5) is 20.6. The van der Waals surface area contributed by atoms with Gasteiger partial charge in [-0.1, -0.05) is 17.4 Å². The minimum atomic E-state index is 0. The lowest BCUT2D eigenvalue weighted by Crippen LogP contribution is -2.27. The fourth-order valence-electron chi connectivity index (χ4n) is 3.89. The third-order valence-electron chi connectivity index (χ3n) is 5.62. The average Bonchev–Trinajstić information content (AvgIpc) is 3.47. The van der Waals surface area contributed by atoms with Gasteiger partial charge >= 0.3 is 0 Å². The van der Waals surface area contributed by atoms with E-state index >= 15 is 0 Å². The van der Waals surface area contributed by atoms with Crippen LogP contribution in [0.15, 0.2) is 24.4 Å². The van der Waals surface area contributed by atoms with E-state index in [0.29, 0.717) is 23.9 Å². The van der Waals surface area contributed by atoms with Crippen molar-refractivity contribution in [1.82, 2.24) is 19.6 Å². The molecule has 1 amide bonds. The molecule has 0 radical (unpaired) electrons. The van der Waals surface area contributed by atoms with Gasteiger partial charge in [0.25, 0.3) is 5.91 Å². The first-order valence-electron chi connectivity index (χ1n) is 10.7. The maximum atomic E-state index is 12.7. The first-order chi connectivity index (χ1) is 14.7. The zero-order valence-electron chi connectivity index (χ0n) is 18.3. The minimum Gasteiger partial charge on any atom is -0.396 e. The summed E-state index contributed by atoms with van der Waals surface area (Å²) in [7, 11) is 1.80. The molecule has 4 rings (SSSR count). The highest BCUT2D eigenvalue weighted by molar-refractivity contribution is 7.18. The van der Waals surface area contributed by atoms with Gasteiger partial charge in [-0.2, -0.15) is 0 Å². The second kappa shape index (κ2) is 12.7. The van der Waals surface area contributed by atoms with Crippen LogP contribution >= 0.6 is 36.2 Å². The van der Waals surface area contributed by atoms with E-state index < -0.39 is 0 Å². The third kappa shape index (κ3) is 6.34. The minimum absolute atomic E-state index is 0. The van der Waals surface area contributed by atoms with E-state index in [2.05, 4.69) is 23.5 Å². The Morgan fingerprint density at radius 2 is 2.22 bits per heavy atom. The standard InChI is InChI=1S/C22H30N4O3S.2ClH/c1-25(10-2-3-11-27)21(28)20-15-26-19-7-6-16(13-18(19)24-22(26)30-20)14-23-9-8-17-5-4-12-29-17;;/h6-7,13,15,17,23,27H,2-5,8-12,14H2,1H3;2*1H. The fourth-order valence-corrected chi connectivity index (χ4v) is 4.88. The van der Waals surface area contributed by atoms with E-state index in [1.807, 2.05) is 10.6 Å². The van der Waals surface area contributed by atoms with Gasteiger partial charge in [-0.05, 0) is 56.3 Å². The Balaban J connectivity index is 0.00000181. The average molecular weight is 503 g/mol. The number of aliphatic hydroxyl groups is 1. The number of fused-ring (bicyclic) bond motifs is 3. The van der Waals surface area contributed by atoms with Crippen LogP contribution in [0.4, 0.5) is 0 Å². The summed E-state index contributed by atoms with van der Waals surface area (Å²) in [6, 6.07) is 6.32. The highest BCUT2D eigenvalue weighted by atomic mass is 35.5. The van der Waals surface area contributed by atoms with Gasteiger partial charge < -0.3 is 20.1 Å². The van der Waals surface area contributed by atoms with Crippen LogP contribution in [0.2, 0.25) is 0 Å². The van der Waals surface area contributed by atoms with Gasteiger partial charge in [0.05, 0.1) is 17.1 Å². The Hall–Kier alpha value is -1.42. The van der Waals surface area contributed by atoms with Gasteiger partial charge in [0.15, 0.2) is 4.96 Å². The molecule has 0 spiro atoms. The van der Waals surface area contributed by atoms with E-state index in [9.17, 15) is 4.79 Å². The number of rotatable bonds is 10. The van der Waals surface area contributed by atoms with Crippen molar-refractivity contribution in [3.8, 4) is 0 Å². The van der Waals surface area contributed by atoms with Crippen LogP contribution < -0.4 is 5.32 Å². The zero-order chi connectivity index (χ0) is 20.9.